The van der Waals surface area contributed by atoms with Crippen molar-refractivity contribution in [2.45, 2.75) is 31.7 Å². The van der Waals surface area contributed by atoms with Crippen LogP contribution in [0, 0.1) is 0 Å². The number of hydrogen-bond acceptors (Lipinski definition) is 2. The lowest BCUT2D eigenvalue weighted by atomic mass is 10.0. The highest BCUT2D eigenvalue weighted by Gasteiger charge is 2.18. The Bertz CT molecular complexity index is 613. The molecular weight excluding hydrogens is 326 g/mol. The largest absolute Gasteiger partial charge is 0.492 e. The maximum Gasteiger partial charge on any atom is 0.134 e. The zero-order valence-corrected chi connectivity index (χ0v) is 14.1. The average Bonchev–Trinajstić information content (AvgIpc) is 2.52. The molecule has 1 atom stereocenters. The van der Waals surface area contributed by atoms with Crippen LogP contribution in [0.4, 0.5) is 0 Å². The molecular formula is C18H22BrNO. The molecule has 0 amide bonds. The predicted octanol–water partition coefficient (Wildman–Crippen LogP) is 4.86. The third-order valence-corrected chi connectivity index (χ3v) is 5.28. The molecule has 2 nitrogen and oxygen atoms in total. The fraction of sp³-hybridized carbons (Fsp3) is 0.444. The molecule has 3 heteroatoms. The second-order valence-electron chi connectivity index (χ2n) is 5.87. The number of piperidine rings is 1. The van der Waals surface area contributed by atoms with Crippen LogP contribution in [0.1, 0.15) is 25.7 Å². The highest BCUT2D eigenvalue weighted by molar-refractivity contribution is 9.10. The minimum atomic E-state index is 0.679. The third kappa shape index (κ3) is 3.41. The monoisotopic (exact) mass is 347 g/mol. The first kappa shape index (κ1) is 14.9. The molecule has 1 saturated heterocycles. The molecule has 0 N–H and O–H groups in total. The van der Waals surface area contributed by atoms with E-state index in [0.29, 0.717) is 6.04 Å². The second kappa shape index (κ2) is 6.80. The number of fused-ring (bicyclic) bond motifs is 1. The first-order valence-electron chi connectivity index (χ1n) is 7.76. The van der Waals surface area contributed by atoms with E-state index in [4.69, 9.17) is 4.74 Å². The Morgan fingerprint density at radius 1 is 1.19 bits per heavy atom. The van der Waals surface area contributed by atoms with Crippen LogP contribution in [0.25, 0.3) is 10.8 Å². The number of benzene rings is 2. The highest BCUT2D eigenvalue weighted by Crippen LogP contribution is 2.33. The summed E-state index contributed by atoms with van der Waals surface area (Å²) < 4.78 is 7.09. The molecule has 112 valence electrons. The molecule has 0 radical (unpaired) electrons. The SMILES string of the molecule is CN1CCCCC1CCOc1ccc2ccccc2c1Br. The number of ether oxygens (including phenoxy) is 1. The van der Waals surface area contributed by atoms with Gasteiger partial charge in [-0.1, -0.05) is 36.8 Å². The summed E-state index contributed by atoms with van der Waals surface area (Å²) in [4.78, 5) is 2.47. The van der Waals surface area contributed by atoms with Crippen LogP contribution in [0.3, 0.4) is 0 Å². The number of likely N-dealkylation sites (tertiary alicyclic amines) is 1. The summed E-state index contributed by atoms with van der Waals surface area (Å²) in [6.45, 7) is 2.01. The number of hydrogen-bond donors (Lipinski definition) is 0. The molecule has 0 saturated carbocycles. The van der Waals surface area contributed by atoms with E-state index < -0.39 is 0 Å². The summed E-state index contributed by atoms with van der Waals surface area (Å²) in [6.07, 6.45) is 5.10. The maximum absolute atomic E-state index is 6.02. The lowest BCUT2D eigenvalue weighted by Gasteiger charge is -2.32. The Morgan fingerprint density at radius 3 is 2.90 bits per heavy atom. The highest BCUT2D eigenvalue weighted by atomic mass is 79.9. The molecule has 21 heavy (non-hydrogen) atoms. The van der Waals surface area contributed by atoms with Gasteiger partial charge in [0, 0.05) is 6.04 Å². The van der Waals surface area contributed by atoms with Crippen molar-refractivity contribution in [3.8, 4) is 5.75 Å². The van der Waals surface area contributed by atoms with Gasteiger partial charge in [-0.2, -0.15) is 0 Å². The minimum absolute atomic E-state index is 0.679. The van der Waals surface area contributed by atoms with Crippen LogP contribution in [-0.2, 0) is 0 Å². The lowest BCUT2D eigenvalue weighted by molar-refractivity contribution is 0.153. The Labute approximate surface area is 135 Å². The molecule has 0 aliphatic carbocycles. The third-order valence-electron chi connectivity index (χ3n) is 4.46. The zero-order chi connectivity index (χ0) is 14.7. The molecule has 1 aliphatic rings. The van der Waals surface area contributed by atoms with E-state index in [0.717, 1.165) is 23.2 Å². The van der Waals surface area contributed by atoms with Crippen molar-refractivity contribution in [3.63, 3.8) is 0 Å². The predicted molar refractivity (Wildman–Crippen MR) is 92.0 cm³/mol. The van der Waals surface area contributed by atoms with Gasteiger partial charge in [-0.25, -0.2) is 0 Å². The first-order chi connectivity index (χ1) is 10.3. The van der Waals surface area contributed by atoms with Crippen molar-refractivity contribution in [2.24, 2.45) is 0 Å². The molecule has 3 rings (SSSR count). The van der Waals surface area contributed by atoms with E-state index >= 15 is 0 Å². The van der Waals surface area contributed by atoms with Crippen molar-refractivity contribution in [1.29, 1.82) is 0 Å². The second-order valence-corrected chi connectivity index (χ2v) is 6.66. The summed E-state index contributed by atoms with van der Waals surface area (Å²) in [5.41, 5.74) is 0. The van der Waals surface area contributed by atoms with E-state index in [-0.39, 0.29) is 0 Å². The standard InChI is InChI=1S/C18H22BrNO/c1-20-12-5-4-7-15(20)11-13-21-17-10-9-14-6-2-3-8-16(14)18(17)19/h2-3,6,8-10,15H,4-5,7,11-13H2,1H3. The molecule has 0 bridgehead atoms. The molecule has 1 heterocycles. The van der Waals surface area contributed by atoms with Gasteiger partial charge in [0.25, 0.3) is 0 Å². The van der Waals surface area contributed by atoms with Crippen LogP contribution < -0.4 is 4.74 Å². The fourth-order valence-electron chi connectivity index (χ4n) is 3.14. The van der Waals surface area contributed by atoms with E-state index in [1.54, 1.807) is 0 Å². The van der Waals surface area contributed by atoms with E-state index in [1.807, 2.05) is 0 Å². The van der Waals surface area contributed by atoms with E-state index in [1.165, 1.54) is 36.6 Å². The van der Waals surface area contributed by atoms with Gasteiger partial charge in [-0.3, -0.25) is 0 Å². The maximum atomic E-state index is 6.02. The van der Waals surface area contributed by atoms with Gasteiger partial charge in [-0.15, -0.1) is 0 Å². The summed E-state index contributed by atoms with van der Waals surface area (Å²) in [6, 6.07) is 13.3. The van der Waals surface area contributed by atoms with Gasteiger partial charge in [0.15, 0.2) is 0 Å². The molecule has 1 aliphatic heterocycles. The fourth-order valence-corrected chi connectivity index (χ4v) is 3.75. The van der Waals surface area contributed by atoms with Gasteiger partial charge in [0.2, 0.25) is 0 Å². The van der Waals surface area contributed by atoms with E-state index in [9.17, 15) is 0 Å². The van der Waals surface area contributed by atoms with Crippen molar-refractivity contribution in [3.05, 3.63) is 40.9 Å². The molecule has 1 fully saturated rings. The average molecular weight is 348 g/mol. The molecule has 1 unspecified atom stereocenters. The molecule has 2 aromatic carbocycles. The lowest BCUT2D eigenvalue weighted by Crippen LogP contribution is -2.37. The van der Waals surface area contributed by atoms with Crippen LogP contribution in [-0.4, -0.2) is 31.1 Å². The Kier molecular flexibility index (Phi) is 4.81. The van der Waals surface area contributed by atoms with Gasteiger partial charge in [0.05, 0.1) is 11.1 Å². The van der Waals surface area contributed by atoms with Crippen LogP contribution >= 0.6 is 15.9 Å². The Morgan fingerprint density at radius 2 is 2.05 bits per heavy atom. The molecule has 0 spiro atoms. The van der Waals surface area contributed by atoms with Gasteiger partial charge in [-0.05, 0) is 65.6 Å². The Hall–Kier alpha value is -1.06. The van der Waals surface area contributed by atoms with Crippen LogP contribution in [0.5, 0.6) is 5.75 Å². The normalized spacial score (nSPS) is 19.8. The van der Waals surface area contributed by atoms with Gasteiger partial charge >= 0.3 is 0 Å². The summed E-state index contributed by atoms with van der Waals surface area (Å²) in [7, 11) is 2.23. The number of rotatable bonds is 4. The van der Waals surface area contributed by atoms with Gasteiger partial charge < -0.3 is 9.64 Å². The first-order valence-corrected chi connectivity index (χ1v) is 8.55. The van der Waals surface area contributed by atoms with Crippen molar-refractivity contribution >= 4 is 26.7 Å². The summed E-state index contributed by atoms with van der Waals surface area (Å²) >= 11 is 3.68. The molecule has 2 aromatic rings. The summed E-state index contributed by atoms with van der Waals surface area (Å²) in [5.74, 6) is 0.951. The number of halogens is 1. The molecule has 0 aromatic heterocycles. The quantitative estimate of drug-likeness (QED) is 0.783. The summed E-state index contributed by atoms with van der Waals surface area (Å²) in [5, 5.41) is 2.45. The van der Waals surface area contributed by atoms with Gasteiger partial charge in [0.1, 0.15) is 5.75 Å². The number of nitrogens with zero attached hydrogens (tertiary/aromatic N) is 1. The minimum Gasteiger partial charge on any atom is -0.492 e. The topological polar surface area (TPSA) is 12.5 Å². The van der Waals surface area contributed by atoms with Crippen molar-refractivity contribution in [1.82, 2.24) is 4.90 Å². The zero-order valence-electron chi connectivity index (χ0n) is 12.5. The smallest absolute Gasteiger partial charge is 0.134 e. The van der Waals surface area contributed by atoms with Crippen LogP contribution in [0.15, 0.2) is 40.9 Å². The Balaban J connectivity index is 1.64. The van der Waals surface area contributed by atoms with Crippen LogP contribution in [0.2, 0.25) is 0 Å². The van der Waals surface area contributed by atoms with E-state index in [2.05, 4.69) is 64.3 Å². The van der Waals surface area contributed by atoms with Crippen molar-refractivity contribution < 1.29 is 4.74 Å². The van der Waals surface area contributed by atoms with Crippen molar-refractivity contribution in [2.75, 3.05) is 20.2 Å².